The molecule has 2 N–H and O–H groups in total. The van der Waals surface area contributed by atoms with Gasteiger partial charge in [-0.1, -0.05) is 13.8 Å². The van der Waals surface area contributed by atoms with Gasteiger partial charge in [0.05, 0.1) is 0 Å². The van der Waals surface area contributed by atoms with Crippen LogP contribution in [-0.2, 0) is 6.54 Å². The lowest BCUT2D eigenvalue weighted by Crippen LogP contribution is -2.44. The van der Waals surface area contributed by atoms with Crippen LogP contribution in [0.1, 0.15) is 57.9 Å². The van der Waals surface area contributed by atoms with E-state index in [2.05, 4.69) is 51.5 Å². The van der Waals surface area contributed by atoms with Crippen LogP contribution in [0.3, 0.4) is 0 Å². The summed E-state index contributed by atoms with van der Waals surface area (Å²) in [6.07, 6.45) is 9.63. The molecular weight excluding hydrogens is 322 g/mol. The standard InChI is InChI=1S/C21H35N5/c1-16(2)18-6-8-19(9-7-18)25-21(22-3)24-15-17-10-11-23-20(14-17)26-12-4-5-13-26/h10-11,14,16,18-19H,4-9,12-13,15H2,1-3H3,(H2,22,24,25). The van der Waals surface area contributed by atoms with E-state index in [1.165, 1.54) is 44.1 Å². The topological polar surface area (TPSA) is 52.6 Å². The molecule has 1 saturated carbocycles. The van der Waals surface area contributed by atoms with Crippen LogP contribution < -0.4 is 15.5 Å². The molecule has 2 aliphatic rings. The first-order valence-corrected chi connectivity index (χ1v) is 10.3. The maximum Gasteiger partial charge on any atom is 0.191 e. The zero-order chi connectivity index (χ0) is 18.4. The summed E-state index contributed by atoms with van der Waals surface area (Å²) in [5.74, 6) is 3.73. The minimum Gasteiger partial charge on any atom is -0.357 e. The van der Waals surface area contributed by atoms with E-state index < -0.39 is 0 Å². The number of hydrogen-bond acceptors (Lipinski definition) is 3. The number of pyridine rings is 1. The molecule has 0 radical (unpaired) electrons. The second-order valence-electron chi connectivity index (χ2n) is 8.14. The number of guanidine groups is 1. The van der Waals surface area contributed by atoms with Crippen LogP contribution in [0, 0.1) is 11.8 Å². The van der Waals surface area contributed by atoms with Gasteiger partial charge in [-0.2, -0.15) is 0 Å². The van der Waals surface area contributed by atoms with Crippen molar-refractivity contribution >= 4 is 11.8 Å². The van der Waals surface area contributed by atoms with E-state index in [9.17, 15) is 0 Å². The summed E-state index contributed by atoms with van der Waals surface area (Å²) >= 11 is 0. The third-order valence-electron chi connectivity index (χ3n) is 5.98. The summed E-state index contributed by atoms with van der Waals surface area (Å²) in [5.41, 5.74) is 1.26. The average Bonchev–Trinajstić information content (AvgIpc) is 3.20. The van der Waals surface area contributed by atoms with E-state index in [0.29, 0.717) is 6.04 Å². The molecule has 3 rings (SSSR count). The summed E-state index contributed by atoms with van der Waals surface area (Å²) in [7, 11) is 1.86. The Morgan fingerprint density at radius 3 is 2.62 bits per heavy atom. The van der Waals surface area contributed by atoms with Gasteiger partial charge < -0.3 is 15.5 Å². The highest BCUT2D eigenvalue weighted by Gasteiger charge is 2.23. The SMILES string of the molecule is CN=C(NCc1ccnc(N2CCCC2)c1)NC1CCC(C(C)C)CC1. The van der Waals surface area contributed by atoms with E-state index in [4.69, 9.17) is 0 Å². The first-order chi connectivity index (χ1) is 12.7. The maximum atomic E-state index is 4.54. The van der Waals surface area contributed by atoms with Crippen molar-refractivity contribution in [2.75, 3.05) is 25.0 Å². The molecule has 5 heteroatoms. The first kappa shape index (κ1) is 19.0. The molecule has 0 unspecified atom stereocenters. The molecule has 0 atom stereocenters. The van der Waals surface area contributed by atoms with Crippen molar-refractivity contribution in [3.8, 4) is 0 Å². The van der Waals surface area contributed by atoms with E-state index in [1.54, 1.807) is 0 Å². The molecule has 5 nitrogen and oxygen atoms in total. The zero-order valence-corrected chi connectivity index (χ0v) is 16.7. The quantitative estimate of drug-likeness (QED) is 0.625. The molecule has 26 heavy (non-hydrogen) atoms. The fraction of sp³-hybridized carbons (Fsp3) is 0.714. The number of hydrogen-bond donors (Lipinski definition) is 2. The molecule has 0 amide bonds. The van der Waals surface area contributed by atoms with E-state index >= 15 is 0 Å². The first-order valence-electron chi connectivity index (χ1n) is 10.3. The summed E-state index contributed by atoms with van der Waals surface area (Å²) in [6, 6.07) is 4.85. The van der Waals surface area contributed by atoms with Gasteiger partial charge >= 0.3 is 0 Å². The van der Waals surface area contributed by atoms with Gasteiger partial charge in [-0.05, 0) is 68.1 Å². The molecule has 0 bridgehead atoms. The Morgan fingerprint density at radius 1 is 1.23 bits per heavy atom. The highest BCUT2D eigenvalue weighted by atomic mass is 15.2. The third-order valence-corrected chi connectivity index (χ3v) is 5.98. The van der Waals surface area contributed by atoms with Crippen LogP contribution in [0.2, 0.25) is 0 Å². The van der Waals surface area contributed by atoms with Crippen molar-refractivity contribution in [1.82, 2.24) is 15.6 Å². The minimum atomic E-state index is 0.550. The van der Waals surface area contributed by atoms with Crippen LogP contribution >= 0.6 is 0 Å². The second kappa shape index (κ2) is 9.24. The predicted octanol–water partition coefficient (Wildman–Crippen LogP) is 3.56. The van der Waals surface area contributed by atoms with Crippen molar-refractivity contribution in [3.05, 3.63) is 23.9 Å². The van der Waals surface area contributed by atoms with Gasteiger partial charge in [0, 0.05) is 38.9 Å². The number of aliphatic imine (C=N–C) groups is 1. The summed E-state index contributed by atoms with van der Waals surface area (Å²) in [6.45, 7) is 7.75. The number of anilines is 1. The predicted molar refractivity (Wildman–Crippen MR) is 110 cm³/mol. The van der Waals surface area contributed by atoms with Gasteiger partial charge in [-0.25, -0.2) is 4.98 Å². The molecule has 144 valence electrons. The van der Waals surface area contributed by atoms with Crippen molar-refractivity contribution < 1.29 is 0 Å². The number of nitrogens with one attached hydrogen (secondary N) is 2. The van der Waals surface area contributed by atoms with Gasteiger partial charge in [0.2, 0.25) is 0 Å². The molecule has 1 aromatic heterocycles. The molecule has 1 saturated heterocycles. The van der Waals surface area contributed by atoms with E-state index in [1.807, 2.05) is 13.2 Å². The van der Waals surface area contributed by atoms with Crippen LogP contribution in [0.5, 0.6) is 0 Å². The second-order valence-corrected chi connectivity index (χ2v) is 8.14. The highest BCUT2D eigenvalue weighted by Crippen LogP contribution is 2.29. The normalized spacial score (nSPS) is 24.2. The van der Waals surface area contributed by atoms with Crippen molar-refractivity contribution in [2.45, 2.75) is 65.0 Å². The Hall–Kier alpha value is -1.78. The largest absolute Gasteiger partial charge is 0.357 e. The Bertz CT molecular complexity index is 584. The van der Waals surface area contributed by atoms with Crippen LogP contribution in [0.15, 0.2) is 23.3 Å². The van der Waals surface area contributed by atoms with Crippen molar-refractivity contribution in [2.24, 2.45) is 16.8 Å². The van der Waals surface area contributed by atoms with E-state index in [-0.39, 0.29) is 0 Å². The zero-order valence-electron chi connectivity index (χ0n) is 16.7. The van der Waals surface area contributed by atoms with Gasteiger partial charge in [-0.15, -0.1) is 0 Å². The van der Waals surface area contributed by atoms with Gasteiger partial charge in [0.15, 0.2) is 5.96 Å². The third kappa shape index (κ3) is 5.12. The van der Waals surface area contributed by atoms with Gasteiger partial charge in [-0.3, -0.25) is 4.99 Å². The fourth-order valence-corrected chi connectivity index (χ4v) is 4.19. The Labute approximate surface area is 158 Å². The number of nitrogens with zero attached hydrogens (tertiary/aromatic N) is 3. The number of rotatable bonds is 5. The summed E-state index contributed by atoms with van der Waals surface area (Å²) < 4.78 is 0. The molecule has 1 aromatic rings. The lowest BCUT2D eigenvalue weighted by Gasteiger charge is -2.32. The monoisotopic (exact) mass is 357 g/mol. The summed E-state index contributed by atoms with van der Waals surface area (Å²) in [5, 5.41) is 7.10. The minimum absolute atomic E-state index is 0.550. The molecule has 2 fully saturated rings. The van der Waals surface area contributed by atoms with Crippen LogP contribution in [-0.4, -0.2) is 37.1 Å². The molecule has 2 heterocycles. The lowest BCUT2D eigenvalue weighted by molar-refractivity contribution is 0.250. The van der Waals surface area contributed by atoms with Crippen LogP contribution in [0.4, 0.5) is 5.82 Å². The molecule has 1 aliphatic heterocycles. The van der Waals surface area contributed by atoms with Crippen LogP contribution in [0.25, 0.3) is 0 Å². The molecular formula is C21H35N5. The highest BCUT2D eigenvalue weighted by molar-refractivity contribution is 5.80. The van der Waals surface area contributed by atoms with Crippen molar-refractivity contribution in [1.29, 1.82) is 0 Å². The van der Waals surface area contributed by atoms with Gasteiger partial charge in [0.1, 0.15) is 5.82 Å². The van der Waals surface area contributed by atoms with Gasteiger partial charge in [0.25, 0.3) is 0 Å². The summed E-state index contributed by atoms with van der Waals surface area (Å²) in [4.78, 5) is 11.3. The Balaban J connectivity index is 1.48. The van der Waals surface area contributed by atoms with Crippen molar-refractivity contribution in [3.63, 3.8) is 0 Å². The maximum absolute atomic E-state index is 4.54. The average molecular weight is 358 g/mol. The molecule has 1 aliphatic carbocycles. The number of aromatic nitrogens is 1. The van der Waals surface area contributed by atoms with E-state index in [0.717, 1.165) is 43.2 Å². The Kier molecular flexibility index (Phi) is 6.75. The molecule has 0 aromatic carbocycles. The molecule has 0 spiro atoms. The Morgan fingerprint density at radius 2 is 1.96 bits per heavy atom. The smallest absolute Gasteiger partial charge is 0.191 e. The lowest BCUT2D eigenvalue weighted by atomic mass is 9.80. The fourth-order valence-electron chi connectivity index (χ4n) is 4.19.